The molecule has 0 bridgehead atoms. The van der Waals surface area contributed by atoms with E-state index in [4.69, 9.17) is 10.8 Å². The zero-order valence-electron chi connectivity index (χ0n) is 17.8. The van der Waals surface area contributed by atoms with Crippen molar-refractivity contribution in [2.24, 2.45) is 11.7 Å². The van der Waals surface area contributed by atoms with Crippen LogP contribution in [0.1, 0.15) is 26.3 Å². The van der Waals surface area contributed by atoms with E-state index in [1.807, 2.05) is 24.3 Å². The molecule has 0 saturated heterocycles. The van der Waals surface area contributed by atoms with Gasteiger partial charge in [-0.2, -0.15) is 0 Å². The first-order valence-electron chi connectivity index (χ1n) is 10.0. The second kappa shape index (κ2) is 10.6. The SMILES string of the molecule is CC(NC(=O)C(NC(=O)CNC(=O)C(N)Cc1c[nH]c2ccccc12)C(C)C)C(=O)O. The standard InChI is InChI=1S/C21H29N5O5/c1-11(2)18(20(29)25-12(3)21(30)31)26-17(27)10-24-19(28)15(22)8-13-9-23-16-7-5-4-6-14(13)16/h4-7,9,11-12,15,18,23H,8,10,22H2,1-3H3,(H,24,28)(H,25,29)(H,26,27)(H,30,31). The van der Waals surface area contributed by atoms with Crippen LogP contribution in [0.15, 0.2) is 30.5 Å². The molecule has 10 nitrogen and oxygen atoms in total. The van der Waals surface area contributed by atoms with Gasteiger partial charge in [-0.05, 0) is 30.9 Å². The molecule has 0 aliphatic rings. The molecule has 7 N–H and O–H groups in total. The zero-order chi connectivity index (χ0) is 23.1. The van der Waals surface area contributed by atoms with Crippen LogP contribution in [-0.4, -0.2) is 58.5 Å². The maximum atomic E-state index is 12.3. The monoisotopic (exact) mass is 431 g/mol. The summed E-state index contributed by atoms with van der Waals surface area (Å²) in [4.78, 5) is 50.8. The highest BCUT2D eigenvalue weighted by Crippen LogP contribution is 2.18. The molecule has 3 atom stereocenters. The molecule has 3 unspecified atom stereocenters. The van der Waals surface area contributed by atoms with E-state index in [2.05, 4.69) is 20.9 Å². The van der Waals surface area contributed by atoms with Crippen LogP contribution in [0.5, 0.6) is 0 Å². The number of H-pyrrole nitrogens is 1. The summed E-state index contributed by atoms with van der Waals surface area (Å²) in [5, 5.41) is 17.2. The number of para-hydroxylation sites is 1. The molecule has 1 aromatic carbocycles. The summed E-state index contributed by atoms with van der Waals surface area (Å²) in [5.74, 6) is -3.15. The first kappa shape index (κ1) is 23.9. The third kappa shape index (κ3) is 6.54. The van der Waals surface area contributed by atoms with Gasteiger partial charge in [0.25, 0.3) is 0 Å². The van der Waals surface area contributed by atoms with Gasteiger partial charge in [-0.3, -0.25) is 19.2 Å². The van der Waals surface area contributed by atoms with Crippen LogP contribution in [0.3, 0.4) is 0 Å². The molecule has 0 radical (unpaired) electrons. The van der Waals surface area contributed by atoms with E-state index in [0.29, 0.717) is 6.42 Å². The lowest BCUT2D eigenvalue weighted by molar-refractivity contribution is -0.142. The Balaban J connectivity index is 1.87. The van der Waals surface area contributed by atoms with Crippen molar-refractivity contribution in [2.45, 2.75) is 45.3 Å². The van der Waals surface area contributed by atoms with E-state index >= 15 is 0 Å². The summed E-state index contributed by atoms with van der Waals surface area (Å²) < 4.78 is 0. The van der Waals surface area contributed by atoms with Crippen molar-refractivity contribution < 1.29 is 24.3 Å². The Kier molecular flexibility index (Phi) is 8.14. The predicted molar refractivity (Wildman–Crippen MR) is 115 cm³/mol. The molecule has 10 heteroatoms. The topological polar surface area (TPSA) is 166 Å². The lowest BCUT2D eigenvalue weighted by Gasteiger charge is -2.23. The highest BCUT2D eigenvalue weighted by atomic mass is 16.4. The third-order valence-corrected chi connectivity index (χ3v) is 4.87. The van der Waals surface area contributed by atoms with Gasteiger partial charge in [0.05, 0.1) is 12.6 Å². The number of hydrogen-bond donors (Lipinski definition) is 6. The average molecular weight is 431 g/mol. The van der Waals surface area contributed by atoms with Gasteiger partial charge in [0.2, 0.25) is 17.7 Å². The molecule has 2 aromatic rings. The fourth-order valence-electron chi connectivity index (χ4n) is 3.05. The van der Waals surface area contributed by atoms with E-state index in [0.717, 1.165) is 16.5 Å². The van der Waals surface area contributed by atoms with Crippen molar-refractivity contribution >= 4 is 34.6 Å². The highest BCUT2D eigenvalue weighted by molar-refractivity contribution is 5.93. The van der Waals surface area contributed by atoms with Gasteiger partial charge in [-0.25, -0.2) is 0 Å². The van der Waals surface area contributed by atoms with Crippen LogP contribution < -0.4 is 21.7 Å². The summed E-state index contributed by atoms with van der Waals surface area (Å²) in [5.41, 5.74) is 7.83. The lowest BCUT2D eigenvalue weighted by Crippen LogP contribution is -2.55. The van der Waals surface area contributed by atoms with Gasteiger partial charge in [0.1, 0.15) is 12.1 Å². The van der Waals surface area contributed by atoms with Gasteiger partial charge in [0, 0.05) is 17.1 Å². The molecule has 0 aliphatic carbocycles. The first-order valence-corrected chi connectivity index (χ1v) is 10.0. The maximum Gasteiger partial charge on any atom is 0.325 e. The Bertz CT molecular complexity index is 955. The number of aliphatic carboxylic acids is 1. The van der Waals surface area contributed by atoms with Crippen molar-refractivity contribution in [3.05, 3.63) is 36.0 Å². The van der Waals surface area contributed by atoms with Gasteiger partial charge >= 0.3 is 5.97 Å². The molecule has 2 rings (SSSR count). The van der Waals surface area contributed by atoms with Crippen LogP contribution in [-0.2, 0) is 25.6 Å². The number of benzene rings is 1. The number of nitrogens with one attached hydrogen (secondary N) is 4. The normalized spacial score (nSPS) is 14.0. The molecule has 1 heterocycles. The van der Waals surface area contributed by atoms with Crippen molar-refractivity contribution in [3.8, 4) is 0 Å². The number of amides is 3. The number of carboxylic acid groups (broad SMARTS) is 1. The summed E-state index contributed by atoms with van der Waals surface area (Å²) in [7, 11) is 0. The summed E-state index contributed by atoms with van der Waals surface area (Å²) >= 11 is 0. The number of carbonyl (C=O) groups excluding carboxylic acids is 3. The summed E-state index contributed by atoms with van der Waals surface area (Å²) in [6.07, 6.45) is 2.09. The first-order chi connectivity index (χ1) is 14.6. The third-order valence-electron chi connectivity index (χ3n) is 4.87. The zero-order valence-corrected chi connectivity index (χ0v) is 17.8. The molecule has 0 aliphatic heterocycles. The molecule has 168 valence electrons. The Morgan fingerprint density at radius 3 is 2.39 bits per heavy atom. The van der Waals surface area contributed by atoms with Crippen molar-refractivity contribution in [1.82, 2.24) is 20.9 Å². The smallest absolute Gasteiger partial charge is 0.325 e. The molecule has 31 heavy (non-hydrogen) atoms. The minimum Gasteiger partial charge on any atom is -0.480 e. The van der Waals surface area contributed by atoms with E-state index < -0.39 is 41.8 Å². The fraction of sp³-hybridized carbons (Fsp3) is 0.429. The molecule has 0 spiro atoms. The van der Waals surface area contributed by atoms with Crippen molar-refractivity contribution in [1.29, 1.82) is 0 Å². The number of rotatable bonds is 10. The molecule has 1 aromatic heterocycles. The van der Waals surface area contributed by atoms with Crippen LogP contribution in [0.25, 0.3) is 10.9 Å². The number of hydrogen-bond acceptors (Lipinski definition) is 5. The van der Waals surface area contributed by atoms with Crippen LogP contribution >= 0.6 is 0 Å². The minimum absolute atomic E-state index is 0.287. The van der Waals surface area contributed by atoms with Crippen LogP contribution in [0.2, 0.25) is 0 Å². The van der Waals surface area contributed by atoms with Gasteiger partial charge in [0.15, 0.2) is 0 Å². The van der Waals surface area contributed by atoms with Crippen molar-refractivity contribution in [3.63, 3.8) is 0 Å². The number of aromatic nitrogens is 1. The number of aromatic amines is 1. The summed E-state index contributed by atoms with van der Waals surface area (Å²) in [6, 6.07) is 4.77. The van der Waals surface area contributed by atoms with E-state index in [1.165, 1.54) is 6.92 Å². The molecule has 0 fully saturated rings. The second-order valence-electron chi connectivity index (χ2n) is 7.75. The Labute approximate surface area is 179 Å². The van der Waals surface area contributed by atoms with Gasteiger partial charge < -0.3 is 31.8 Å². The van der Waals surface area contributed by atoms with E-state index in [9.17, 15) is 19.2 Å². The van der Waals surface area contributed by atoms with Crippen molar-refractivity contribution in [2.75, 3.05) is 6.54 Å². The molecular weight excluding hydrogens is 402 g/mol. The number of nitrogens with two attached hydrogens (primary N) is 1. The maximum absolute atomic E-state index is 12.3. The lowest BCUT2D eigenvalue weighted by atomic mass is 10.0. The highest BCUT2D eigenvalue weighted by Gasteiger charge is 2.27. The largest absolute Gasteiger partial charge is 0.480 e. The molecular formula is C21H29N5O5. The van der Waals surface area contributed by atoms with Crippen LogP contribution in [0.4, 0.5) is 0 Å². The fourth-order valence-corrected chi connectivity index (χ4v) is 3.05. The minimum atomic E-state index is -1.18. The van der Waals surface area contributed by atoms with E-state index in [-0.39, 0.29) is 12.5 Å². The quantitative estimate of drug-likeness (QED) is 0.307. The summed E-state index contributed by atoms with van der Waals surface area (Å²) in [6.45, 7) is 4.40. The molecule has 0 saturated carbocycles. The number of fused-ring (bicyclic) bond motifs is 1. The Morgan fingerprint density at radius 1 is 1.06 bits per heavy atom. The van der Waals surface area contributed by atoms with Gasteiger partial charge in [-0.1, -0.05) is 32.0 Å². The van der Waals surface area contributed by atoms with E-state index in [1.54, 1.807) is 20.0 Å². The molecule has 3 amide bonds. The number of carboxylic acids is 1. The Morgan fingerprint density at radius 2 is 1.74 bits per heavy atom. The number of carbonyl (C=O) groups is 4. The van der Waals surface area contributed by atoms with Crippen LogP contribution in [0, 0.1) is 5.92 Å². The van der Waals surface area contributed by atoms with Gasteiger partial charge in [-0.15, -0.1) is 0 Å². The Hall–Kier alpha value is -3.40. The predicted octanol–water partition coefficient (Wildman–Crippen LogP) is -0.116. The average Bonchev–Trinajstić information content (AvgIpc) is 3.12. The second-order valence-corrected chi connectivity index (χ2v) is 7.75.